The van der Waals surface area contributed by atoms with Gasteiger partial charge in [0.25, 0.3) is 0 Å². The molecule has 0 saturated heterocycles. The van der Waals surface area contributed by atoms with E-state index in [-0.39, 0.29) is 11.7 Å². The van der Waals surface area contributed by atoms with Crippen molar-refractivity contribution >= 4 is 5.78 Å². The number of hydrogen-bond acceptors (Lipinski definition) is 2. The molecule has 0 N–H and O–H groups in total. The number of para-hydroxylation sites is 1. The van der Waals surface area contributed by atoms with Crippen molar-refractivity contribution in [3.05, 3.63) is 83.2 Å². The number of nitrogens with zero attached hydrogens (tertiary/aromatic N) is 2. The number of benzene rings is 2. The van der Waals surface area contributed by atoms with E-state index in [1.807, 2.05) is 35.0 Å². The number of ketones is 1. The lowest BCUT2D eigenvalue weighted by atomic mass is 9.82. The molecule has 1 heterocycles. The van der Waals surface area contributed by atoms with E-state index in [1.165, 1.54) is 11.1 Å². The van der Waals surface area contributed by atoms with Crippen molar-refractivity contribution in [1.29, 1.82) is 0 Å². The minimum Gasteiger partial charge on any atom is -0.294 e. The molecule has 0 unspecified atom stereocenters. The fourth-order valence-corrected chi connectivity index (χ4v) is 3.62. The van der Waals surface area contributed by atoms with Crippen molar-refractivity contribution in [1.82, 2.24) is 9.78 Å². The Kier molecular flexibility index (Phi) is 4.00. The lowest BCUT2D eigenvalue weighted by Crippen LogP contribution is -2.20. The predicted octanol–water partition coefficient (Wildman–Crippen LogP) is 4.91. The molecule has 4 rings (SSSR count). The van der Waals surface area contributed by atoms with Crippen LogP contribution in [0.1, 0.15) is 59.3 Å². The largest absolute Gasteiger partial charge is 0.294 e. The number of Topliss-reactive ketones (excluding diaryl/α,β-unsaturated/α-hetero) is 1. The monoisotopic (exact) mass is 330 g/mol. The lowest BCUT2D eigenvalue weighted by molar-refractivity contribution is 0.0963. The minimum absolute atomic E-state index is 0.196. The Morgan fingerprint density at radius 3 is 2.40 bits per heavy atom. The standard InChI is InChI=1S/C22H22N2O/c1-15(2)16-8-10-17(11-9-16)18-12-21-20(22(25)13-18)14-23-24(21)19-6-4-3-5-7-19/h3-11,14-15,18H,12-13H2,1-2H3/t18-/m0/s1. The van der Waals surface area contributed by atoms with E-state index in [0.29, 0.717) is 12.3 Å². The zero-order valence-corrected chi connectivity index (χ0v) is 14.6. The fourth-order valence-electron chi connectivity index (χ4n) is 3.62. The Hall–Kier alpha value is -2.68. The topological polar surface area (TPSA) is 34.9 Å². The number of fused-ring (bicyclic) bond motifs is 1. The fraction of sp³-hybridized carbons (Fsp3) is 0.273. The molecule has 0 bridgehead atoms. The van der Waals surface area contributed by atoms with Crippen LogP contribution in [0.2, 0.25) is 0 Å². The second-order valence-electron chi connectivity index (χ2n) is 7.10. The van der Waals surface area contributed by atoms with Crippen LogP contribution in [0.25, 0.3) is 5.69 Å². The summed E-state index contributed by atoms with van der Waals surface area (Å²) in [6.45, 7) is 4.40. The minimum atomic E-state index is 0.196. The zero-order chi connectivity index (χ0) is 17.4. The molecule has 0 spiro atoms. The van der Waals surface area contributed by atoms with E-state index in [2.05, 4.69) is 43.2 Å². The molecule has 0 saturated carbocycles. The van der Waals surface area contributed by atoms with Crippen molar-refractivity contribution in [2.75, 3.05) is 0 Å². The van der Waals surface area contributed by atoms with Crippen molar-refractivity contribution < 1.29 is 4.79 Å². The third kappa shape index (κ3) is 2.91. The summed E-state index contributed by atoms with van der Waals surface area (Å²) in [6, 6.07) is 18.8. The first kappa shape index (κ1) is 15.8. The number of rotatable bonds is 3. The molecule has 1 aliphatic carbocycles. The van der Waals surface area contributed by atoms with E-state index in [0.717, 1.165) is 23.4 Å². The van der Waals surface area contributed by atoms with Crippen LogP contribution in [0.5, 0.6) is 0 Å². The molecule has 0 fully saturated rings. The average Bonchev–Trinajstić information content (AvgIpc) is 3.07. The predicted molar refractivity (Wildman–Crippen MR) is 99.5 cm³/mol. The van der Waals surface area contributed by atoms with Gasteiger partial charge in [-0.25, -0.2) is 4.68 Å². The van der Waals surface area contributed by atoms with Gasteiger partial charge in [0.15, 0.2) is 5.78 Å². The Morgan fingerprint density at radius 2 is 1.72 bits per heavy atom. The van der Waals surface area contributed by atoms with Crippen LogP contribution in [0, 0.1) is 0 Å². The molecular formula is C22H22N2O. The molecule has 0 radical (unpaired) electrons. The maximum Gasteiger partial charge on any atom is 0.166 e. The van der Waals surface area contributed by atoms with Gasteiger partial charge in [-0.2, -0.15) is 5.10 Å². The van der Waals surface area contributed by atoms with Crippen LogP contribution >= 0.6 is 0 Å². The number of carbonyl (C=O) groups excluding carboxylic acids is 1. The normalized spacial score (nSPS) is 16.9. The highest BCUT2D eigenvalue weighted by Gasteiger charge is 2.30. The third-order valence-corrected chi connectivity index (χ3v) is 5.12. The highest BCUT2D eigenvalue weighted by atomic mass is 16.1. The van der Waals surface area contributed by atoms with Gasteiger partial charge < -0.3 is 0 Å². The smallest absolute Gasteiger partial charge is 0.166 e. The molecule has 3 nitrogen and oxygen atoms in total. The van der Waals surface area contributed by atoms with E-state index in [1.54, 1.807) is 6.20 Å². The van der Waals surface area contributed by atoms with Crippen LogP contribution in [-0.4, -0.2) is 15.6 Å². The molecule has 3 aromatic rings. The molecule has 1 aliphatic rings. The van der Waals surface area contributed by atoms with E-state index in [4.69, 9.17) is 0 Å². The van der Waals surface area contributed by atoms with Crippen molar-refractivity contribution in [3.8, 4) is 5.69 Å². The van der Waals surface area contributed by atoms with Crippen molar-refractivity contribution in [2.45, 2.75) is 38.5 Å². The summed E-state index contributed by atoms with van der Waals surface area (Å²) in [5.41, 5.74) is 5.39. The van der Waals surface area contributed by atoms with Gasteiger partial charge in [0.05, 0.1) is 23.1 Å². The maximum atomic E-state index is 12.6. The quantitative estimate of drug-likeness (QED) is 0.684. The first-order valence-electron chi connectivity index (χ1n) is 8.89. The van der Waals surface area contributed by atoms with Crippen molar-refractivity contribution in [2.24, 2.45) is 0 Å². The summed E-state index contributed by atoms with van der Waals surface area (Å²) in [5, 5.41) is 4.48. The van der Waals surface area contributed by atoms with E-state index in [9.17, 15) is 4.79 Å². The molecule has 1 aromatic heterocycles. The SMILES string of the molecule is CC(C)c1ccc([C@@H]2CC(=O)c3cnn(-c4ccccc4)c3C2)cc1. The average molecular weight is 330 g/mol. The van der Waals surface area contributed by atoms with Gasteiger partial charge >= 0.3 is 0 Å². The molecule has 2 aromatic carbocycles. The molecule has 25 heavy (non-hydrogen) atoms. The van der Waals surface area contributed by atoms with Gasteiger partial charge in [0.1, 0.15) is 0 Å². The first-order valence-corrected chi connectivity index (χ1v) is 8.89. The highest BCUT2D eigenvalue weighted by molar-refractivity contribution is 5.98. The summed E-state index contributed by atoms with van der Waals surface area (Å²) in [4.78, 5) is 12.6. The Bertz CT molecular complexity index is 892. The maximum absolute atomic E-state index is 12.6. The summed E-state index contributed by atoms with van der Waals surface area (Å²) in [5.74, 6) is 0.940. The molecule has 126 valence electrons. The van der Waals surface area contributed by atoms with Crippen LogP contribution in [0.4, 0.5) is 0 Å². The highest BCUT2D eigenvalue weighted by Crippen LogP contribution is 2.34. The van der Waals surface area contributed by atoms with Crippen LogP contribution in [0.3, 0.4) is 0 Å². The molecule has 0 aliphatic heterocycles. The second-order valence-corrected chi connectivity index (χ2v) is 7.10. The summed E-state index contributed by atoms with van der Waals surface area (Å²) < 4.78 is 1.92. The third-order valence-electron chi connectivity index (χ3n) is 5.12. The van der Waals surface area contributed by atoms with Gasteiger partial charge in [-0.1, -0.05) is 56.3 Å². The second kappa shape index (κ2) is 6.32. The van der Waals surface area contributed by atoms with E-state index < -0.39 is 0 Å². The Balaban J connectivity index is 1.68. The van der Waals surface area contributed by atoms with Crippen LogP contribution in [0.15, 0.2) is 60.8 Å². The molecule has 3 heteroatoms. The van der Waals surface area contributed by atoms with E-state index >= 15 is 0 Å². The molecular weight excluding hydrogens is 308 g/mol. The Morgan fingerprint density at radius 1 is 1.00 bits per heavy atom. The zero-order valence-electron chi connectivity index (χ0n) is 14.6. The summed E-state index contributed by atoms with van der Waals surface area (Å²) in [7, 11) is 0. The van der Waals surface area contributed by atoms with Crippen LogP contribution < -0.4 is 0 Å². The number of carbonyl (C=O) groups is 1. The number of aromatic nitrogens is 2. The van der Waals surface area contributed by atoms with Crippen molar-refractivity contribution in [3.63, 3.8) is 0 Å². The lowest BCUT2D eigenvalue weighted by Gasteiger charge is -2.23. The van der Waals surface area contributed by atoms with Gasteiger partial charge in [-0.15, -0.1) is 0 Å². The first-order chi connectivity index (χ1) is 12.1. The van der Waals surface area contributed by atoms with Gasteiger partial charge in [0.2, 0.25) is 0 Å². The summed E-state index contributed by atoms with van der Waals surface area (Å²) in [6.07, 6.45) is 3.13. The van der Waals surface area contributed by atoms with Gasteiger partial charge in [-0.3, -0.25) is 4.79 Å². The van der Waals surface area contributed by atoms with Gasteiger partial charge in [-0.05, 0) is 41.5 Å². The summed E-state index contributed by atoms with van der Waals surface area (Å²) >= 11 is 0. The van der Waals surface area contributed by atoms with Crippen LogP contribution in [-0.2, 0) is 6.42 Å². The number of hydrogen-bond donors (Lipinski definition) is 0. The molecule has 0 amide bonds. The van der Waals surface area contributed by atoms with Gasteiger partial charge in [0, 0.05) is 6.42 Å². The Labute approximate surface area is 148 Å². The molecule has 1 atom stereocenters.